The van der Waals surface area contributed by atoms with Crippen LogP contribution in [0, 0.1) is 0 Å². The highest BCUT2D eigenvalue weighted by Gasteiger charge is 2.15. The third kappa shape index (κ3) is 2.96. The van der Waals surface area contributed by atoms with Gasteiger partial charge in [0.05, 0.1) is 0 Å². The Morgan fingerprint density at radius 2 is 1.83 bits per heavy atom. The maximum Gasteiger partial charge on any atom is 0.275 e. The molecule has 0 aliphatic carbocycles. The lowest BCUT2D eigenvalue weighted by Gasteiger charge is -2.18. The summed E-state index contributed by atoms with van der Waals surface area (Å²) in [6, 6.07) is 15.1. The fraction of sp³-hybridized carbons (Fsp3) is 0.111. The number of thiazole rings is 1. The largest absolute Gasteiger partial charge is 0.486 e. The Kier molecular flexibility index (Phi) is 3.88. The highest BCUT2D eigenvalue weighted by molar-refractivity contribution is 7.13. The summed E-state index contributed by atoms with van der Waals surface area (Å²) in [5.74, 6) is 1.09. The molecular formula is C18H14N2O3S. The lowest BCUT2D eigenvalue weighted by Crippen LogP contribution is -2.16. The van der Waals surface area contributed by atoms with Gasteiger partial charge in [-0.05, 0) is 12.1 Å². The van der Waals surface area contributed by atoms with Crippen LogP contribution < -0.4 is 14.8 Å². The minimum Gasteiger partial charge on any atom is -0.486 e. The summed E-state index contributed by atoms with van der Waals surface area (Å²) in [6.45, 7) is 1.05. The maximum absolute atomic E-state index is 12.4. The van der Waals surface area contributed by atoms with E-state index in [9.17, 15) is 4.79 Å². The zero-order chi connectivity index (χ0) is 16.4. The Hall–Kier alpha value is -2.86. The van der Waals surface area contributed by atoms with E-state index < -0.39 is 0 Å². The normalized spacial score (nSPS) is 12.7. The van der Waals surface area contributed by atoms with Crippen molar-refractivity contribution in [2.24, 2.45) is 0 Å². The molecule has 3 aromatic rings. The number of benzene rings is 2. The Bertz CT molecular complexity index is 877. The Morgan fingerprint density at radius 3 is 2.67 bits per heavy atom. The van der Waals surface area contributed by atoms with Gasteiger partial charge in [0.2, 0.25) is 0 Å². The van der Waals surface area contributed by atoms with Crippen molar-refractivity contribution in [3.63, 3.8) is 0 Å². The maximum atomic E-state index is 12.4. The molecule has 1 aliphatic heterocycles. The number of amides is 1. The van der Waals surface area contributed by atoms with Crippen molar-refractivity contribution in [1.82, 2.24) is 4.98 Å². The molecule has 0 spiro atoms. The van der Waals surface area contributed by atoms with Crippen LogP contribution in [0.4, 0.5) is 5.69 Å². The first-order chi connectivity index (χ1) is 11.8. The van der Waals surface area contributed by atoms with Gasteiger partial charge in [-0.1, -0.05) is 30.3 Å². The number of nitrogens with one attached hydrogen (secondary N) is 1. The molecule has 0 fully saturated rings. The molecule has 0 unspecified atom stereocenters. The summed E-state index contributed by atoms with van der Waals surface area (Å²) in [6.07, 6.45) is 0. The molecule has 1 amide bonds. The monoisotopic (exact) mass is 338 g/mol. The molecule has 6 heteroatoms. The molecule has 2 heterocycles. The second-order valence-electron chi connectivity index (χ2n) is 5.22. The van der Waals surface area contributed by atoms with Crippen LogP contribution in [-0.4, -0.2) is 24.1 Å². The minimum atomic E-state index is -0.245. The molecule has 1 aromatic heterocycles. The van der Waals surface area contributed by atoms with Gasteiger partial charge >= 0.3 is 0 Å². The molecule has 120 valence electrons. The Balaban J connectivity index is 1.51. The van der Waals surface area contributed by atoms with E-state index in [1.54, 1.807) is 23.6 Å². The lowest BCUT2D eigenvalue weighted by atomic mass is 10.2. The topological polar surface area (TPSA) is 60.5 Å². The predicted molar refractivity (Wildman–Crippen MR) is 92.9 cm³/mol. The van der Waals surface area contributed by atoms with Crippen LogP contribution in [-0.2, 0) is 0 Å². The van der Waals surface area contributed by atoms with Crippen LogP contribution in [0.3, 0.4) is 0 Å². The quantitative estimate of drug-likeness (QED) is 0.788. The van der Waals surface area contributed by atoms with Crippen molar-refractivity contribution >= 4 is 22.9 Å². The molecule has 4 rings (SSSR count). The summed E-state index contributed by atoms with van der Waals surface area (Å²) >= 11 is 1.45. The molecular weight excluding hydrogens is 324 g/mol. The van der Waals surface area contributed by atoms with E-state index in [1.807, 2.05) is 30.3 Å². The van der Waals surface area contributed by atoms with E-state index in [0.717, 1.165) is 10.6 Å². The summed E-state index contributed by atoms with van der Waals surface area (Å²) < 4.78 is 11.0. The van der Waals surface area contributed by atoms with Gasteiger partial charge < -0.3 is 14.8 Å². The molecule has 0 saturated heterocycles. The predicted octanol–water partition coefficient (Wildman–Crippen LogP) is 3.83. The standard InChI is InChI=1S/C18H14N2O3S/c21-17(14-11-24-18(20-14)12-4-2-1-3-5-12)19-13-6-7-15-16(10-13)23-9-8-22-15/h1-7,10-11H,8-9H2,(H,19,21). The number of hydrogen-bond acceptors (Lipinski definition) is 5. The molecule has 5 nitrogen and oxygen atoms in total. The molecule has 2 aromatic carbocycles. The van der Waals surface area contributed by atoms with Gasteiger partial charge in [0, 0.05) is 22.7 Å². The van der Waals surface area contributed by atoms with Gasteiger partial charge in [-0.25, -0.2) is 4.98 Å². The molecule has 24 heavy (non-hydrogen) atoms. The van der Waals surface area contributed by atoms with Crippen molar-refractivity contribution in [3.05, 3.63) is 59.6 Å². The van der Waals surface area contributed by atoms with Gasteiger partial charge in [-0.3, -0.25) is 4.79 Å². The number of carbonyl (C=O) groups is 1. The highest BCUT2D eigenvalue weighted by atomic mass is 32.1. The van der Waals surface area contributed by atoms with E-state index in [1.165, 1.54) is 11.3 Å². The smallest absolute Gasteiger partial charge is 0.275 e. The van der Waals surface area contributed by atoms with E-state index in [-0.39, 0.29) is 5.91 Å². The first kappa shape index (κ1) is 14.7. The van der Waals surface area contributed by atoms with E-state index in [2.05, 4.69) is 10.3 Å². The summed E-state index contributed by atoms with van der Waals surface area (Å²) in [7, 11) is 0. The number of carbonyl (C=O) groups excluding carboxylic acids is 1. The Morgan fingerprint density at radius 1 is 1.04 bits per heavy atom. The van der Waals surface area contributed by atoms with Crippen LogP contribution in [0.25, 0.3) is 10.6 Å². The molecule has 1 N–H and O–H groups in total. The number of fused-ring (bicyclic) bond motifs is 1. The van der Waals surface area contributed by atoms with Crippen molar-refractivity contribution in [2.45, 2.75) is 0 Å². The molecule has 0 bridgehead atoms. The zero-order valence-electron chi connectivity index (χ0n) is 12.7. The van der Waals surface area contributed by atoms with Crippen LogP contribution in [0.15, 0.2) is 53.9 Å². The first-order valence-electron chi connectivity index (χ1n) is 7.51. The fourth-order valence-corrected chi connectivity index (χ4v) is 3.21. The van der Waals surface area contributed by atoms with E-state index in [4.69, 9.17) is 9.47 Å². The number of nitrogens with zero attached hydrogens (tertiary/aromatic N) is 1. The van der Waals surface area contributed by atoms with Gasteiger partial charge in [0.15, 0.2) is 11.5 Å². The number of aromatic nitrogens is 1. The second-order valence-corrected chi connectivity index (χ2v) is 6.07. The van der Waals surface area contributed by atoms with Crippen molar-refractivity contribution < 1.29 is 14.3 Å². The third-order valence-corrected chi connectivity index (χ3v) is 4.45. The summed E-state index contributed by atoms with van der Waals surface area (Å²) in [4.78, 5) is 16.8. The van der Waals surface area contributed by atoms with Crippen LogP contribution in [0.2, 0.25) is 0 Å². The average molecular weight is 338 g/mol. The SMILES string of the molecule is O=C(Nc1ccc2c(c1)OCCO2)c1csc(-c2ccccc2)n1. The van der Waals surface area contributed by atoms with Crippen molar-refractivity contribution in [1.29, 1.82) is 0 Å². The third-order valence-electron chi connectivity index (χ3n) is 3.56. The van der Waals surface area contributed by atoms with Gasteiger partial charge in [-0.2, -0.15) is 0 Å². The van der Waals surface area contributed by atoms with Gasteiger partial charge in [0.1, 0.15) is 23.9 Å². The summed E-state index contributed by atoms with van der Waals surface area (Å²) in [5, 5.41) is 5.42. The van der Waals surface area contributed by atoms with E-state index in [0.29, 0.717) is 36.1 Å². The number of rotatable bonds is 3. The first-order valence-corrected chi connectivity index (χ1v) is 8.39. The van der Waals surface area contributed by atoms with Crippen LogP contribution in [0.5, 0.6) is 11.5 Å². The van der Waals surface area contributed by atoms with Crippen LogP contribution in [0.1, 0.15) is 10.5 Å². The van der Waals surface area contributed by atoms with Crippen molar-refractivity contribution in [3.8, 4) is 22.1 Å². The minimum absolute atomic E-state index is 0.245. The molecule has 1 aliphatic rings. The number of anilines is 1. The van der Waals surface area contributed by atoms with Gasteiger partial charge in [-0.15, -0.1) is 11.3 Å². The second kappa shape index (κ2) is 6.33. The molecule has 0 atom stereocenters. The fourth-order valence-electron chi connectivity index (χ4n) is 2.41. The van der Waals surface area contributed by atoms with Crippen molar-refractivity contribution in [2.75, 3.05) is 18.5 Å². The summed E-state index contributed by atoms with van der Waals surface area (Å²) in [5.41, 5.74) is 2.05. The Labute approximate surface area is 142 Å². The molecule has 0 radical (unpaired) electrons. The number of ether oxygens (including phenoxy) is 2. The molecule has 0 saturated carbocycles. The average Bonchev–Trinajstić information content (AvgIpc) is 3.13. The number of hydrogen-bond donors (Lipinski definition) is 1. The lowest BCUT2D eigenvalue weighted by molar-refractivity contribution is 0.102. The zero-order valence-corrected chi connectivity index (χ0v) is 13.5. The van der Waals surface area contributed by atoms with E-state index >= 15 is 0 Å². The highest BCUT2D eigenvalue weighted by Crippen LogP contribution is 2.32. The van der Waals surface area contributed by atoms with Gasteiger partial charge in [0.25, 0.3) is 5.91 Å². The van der Waals surface area contributed by atoms with Crippen LogP contribution >= 0.6 is 11.3 Å².